The van der Waals surface area contributed by atoms with Crippen molar-refractivity contribution >= 4 is 0 Å². The van der Waals surface area contributed by atoms with E-state index in [9.17, 15) is 0 Å². The molecule has 47 valence electrons. The molecule has 0 unspecified atom stereocenters. The summed E-state index contributed by atoms with van der Waals surface area (Å²) in [7, 11) is 0. The second kappa shape index (κ2) is 3.13. The molecule has 0 aromatic carbocycles. The molecule has 1 aliphatic heterocycles. The SMILES string of the molecule is CCC=CC1=CC=C[N]1. The molecule has 0 amide bonds. The molecule has 0 aliphatic carbocycles. The first-order chi connectivity index (χ1) is 4.43. The lowest BCUT2D eigenvalue weighted by molar-refractivity contribution is 1.11. The van der Waals surface area contributed by atoms with Gasteiger partial charge >= 0.3 is 0 Å². The molecule has 1 heteroatoms. The van der Waals surface area contributed by atoms with Crippen molar-refractivity contribution in [3.8, 4) is 0 Å². The fourth-order valence-corrected chi connectivity index (χ4v) is 0.651. The number of allylic oxidation sites excluding steroid dienone is 4. The van der Waals surface area contributed by atoms with Crippen LogP contribution in [0.15, 0.2) is 36.2 Å². The number of nitrogens with zero attached hydrogens (tertiary/aromatic N) is 1. The van der Waals surface area contributed by atoms with Crippen molar-refractivity contribution in [2.45, 2.75) is 13.3 Å². The van der Waals surface area contributed by atoms with Gasteiger partial charge in [0, 0.05) is 6.20 Å². The van der Waals surface area contributed by atoms with Crippen LogP contribution in [0.4, 0.5) is 0 Å². The molecule has 0 atom stereocenters. The van der Waals surface area contributed by atoms with Crippen LogP contribution in [0.1, 0.15) is 13.3 Å². The van der Waals surface area contributed by atoms with Crippen LogP contribution in [0.3, 0.4) is 0 Å². The first-order valence-corrected chi connectivity index (χ1v) is 3.17. The Kier molecular flexibility index (Phi) is 2.13. The van der Waals surface area contributed by atoms with E-state index in [1.165, 1.54) is 0 Å². The minimum absolute atomic E-state index is 1.05. The standard InChI is InChI=1S/C8H10N/c1-2-3-5-8-6-4-7-9-8/h3-7H,2H2,1H3. The van der Waals surface area contributed by atoms with Crippen LogP contribution in [-0.2, 0) is 0 Å². The summed E-state index contributed by atoms with van der Waals surface area (Å²) in [6.45, 7) is 2.11. The van der Waals surface area contributed by atoms with Crippen LogP contribution in [-0.4, -0.2) is 0 Å². The van der Waals surface area contributed by atoms with Crippen molar-refractivity contribution < 1.29 is 0 Å². The van der Waals surface area contributed by atoms with Gasteiger partial charge in [-0.2, -0.15) is 0 Å². The summed E-state index contributed by atoms with van der Waals surface area (Å²) in [6, 6.07) is 0. The fraction of sp³-hybridized carbons (Fsp3) is 0.250. The molecule has 9 heavy (non-hydrogen) atoms. The second-order valence-corrected chi connectivity index (χ2v) is 1.87. The van der Waals surface area contributed by atoms with Crippen molar-refractivity contribution in [3.63, 3.8) is 0 Å². The number of hydrogen-bond acceptors (Lipinski definition) is 0. The Balaban J connectivity index is 2.38. The van der Waals surface area contributed by atoms with E-state index in [4.69, 9.17) is 0 Å². The van der Waals surface area contributed by atoms with Gasteiger partial charge in [0.15, 0.2) is 0 Å². The summed E-state index contributed by atoms with van der Waals surface area (Å²) in [5.41, 5.74) is 1.05. The molecule has 0 fully saturated rings. The lowest BCUT2D eigenvalue weighted by Crippen LogP contribution is -1.85. The molecule has 0 saturated heterocycles. The van der Waals surface area contributed by atoms with Crippen LogP contribution in [0.25, 0.3) is 0 Å². The lowest BCUT2D eigenvalue weighted by Gasteiger charge is -1.87. The topological polar surface area (TPSA) is 14.1 Å². The Morgan fingerprint density at radius 3 is 3.11 bits per heavy atom. The Morgan fingerprint density at radius 2 is 2.56 bits per heavy atom. The third-order valence-electron chi connectivity index (χ3n) is 1.10. The summed E-state index contributed by atoms with van der Waals surface area (Å²) in [5, 5.41) is 4.07. The maximum atomic E-state index is 4.07. The third kappa shape index (κ3) is 1.76. The maximum absolute atomic E-state index is 4.07. The van der Waals surface area contributed by atoms with Crippen LogP contribution in [0.2, 0.25) is 0 Å². The van der Waals surface area contributed by atoms with E-state index in [0.29, 0.717) is 0 Å². The summed E-state index contributed by atoms with van der Waals surface area (Å²) in [5.74, 6) is 0. The molecule has 0 aromatic heterocycles. The zero-order chi connectivity index (χ0) is 6.53. The van der Waals surface area contributed by atoms with Gasteiger partial charge in [0.05, 0.1) is 5.70 Å². The van der Waals surface area contributed by atoms with Crippen molar-refractivity contribution in [2.24, 2.45) is 0 Å². The minimum Gasteiger partial charge on any atom is -0.257 e. The quantitative estimate of drug-likeness (QED) is 0.529. The number of hydrogen-bond donors (Lipinski definition) is 0. The summed E-state index contributed by atoms with van der Waals surface area (Å²) in [4.78, 5) is 0. The van der Waals surface area contributed by atoms with Crippen molar-refractivity contribution in [1.29, 1.82) is 0 Å². The maximum Gasteiger partial charge on any atom is 0.0626 e. The molecular weight excluding hydrogens is 110 g/mol. The molecular formula is C8H10N. The second-order valence-electron chi connectivity index (χ2n) is 1.87. The number of rotatable bonds is 2. The highest BCUT2D eigenvalue weighted by atomic mass is 14.9. The van der Waals surface area contributed by atoms with Crippen molar-refractivity contribution in [1.82, 2.24) is 5.32 Å². The van der Waals surface area contributed by atoms with E-state index >= 15 is 0 Å². The first kappa shape index (κ1) is 6.14. The van der Waals surface area contributed by atoms with E-state index in [1.807, 2.05) is 18.2 Å². The smallest absolute Gasteiger partial charge is 0.0626 e. The van der Waals surface area contributed by atoms with Gasteiger partial charge in [-0.05, 0) is 24.6 Å². The average Bonchev–Trinajstić information content (AvgIpc) is 2.34. The van der Waals surface area contributed by atoms with Gasteiger partial charge in [0.2, 0.25) is 0 Å². The highest BCUT2D eigenvalue weighted by Gasteiger charge is 1.91. The Morgan fingerprint density at radius 1 is 1.67 bits per heavy atom. The fourth-order valence-electron chi connectivity index (χ4n) is 0.651. The lowest BCUT2D eigenvalue weighted by atomic mass is 10.3. The van der Waals surface area contributed by atoms with Gasteiger partial charge in [0.1, 0.15) is 0 Å². The van der Waals surface area contributed by atoms with E-state index in [2.05, 4.69) is 18.3 Å². The van der Waals surface area contributed by atoms with Gasteiger partial charge in [-0.1, -0.05) is 13.0 Å². The zero-order valence-electron chi connectivity index (χ0n) is 5.54. The molecule has 1 radical (unpaired) electrons. The molecule has 1 nitrogen and oxygen atoms in total. The summed E-state index contributed by atoms with van der Waals surface area (Å²) < 4.78 is 0. The summed E-state index contributed by atoms with van der Waals surface area (Å²) >= 11 is 0. The van der Waals surface area contributed by atoms with Gasteiger partial charge in [-0.15, -0.1) is 0 Å². The largest absolute Gasteiger partial charge is 0.257 e. The monoisotopic (exact) mass is 120 g/mol. The first-order valence-electron chi connectivity index (χ1n) is 3.17. The van der Waals surface area contributed by atoms with Gasteiger partial charge in [0.25, 0.3) is 0 Å². The Labute approximate surface area is 55.8 Å². The Bertz CT molecular complexity index is 163. The molecule has 1 rings (SSSR count). The van der Waals surface area contributed by atoms with E-state index in [0.717, 1.165) is 12.1 Å². The zero-order valence-corrected chi connectivity index (χ0v) is 5.54. The van der Waals surface area contributed by atoms with Crippen molar-refractivity contribution in [3.05, 3.63) is 36.2 Å². The molecule has 0 spiro atoms. The molecule has 1 aliphatic rings. The van der Waals surface area contributed by atoms with Crippen LogP contribution < -0.4 is 5.32 Å². The molecule has 1 heterocycles. The minimum atomic E-state index is 1.05. The molecule has 0 saturated carbocycles. The van der Waals surface area contributed by atoms with E-state index in [1.54, 1.807) is 6.20 Å². The van der Waals surface area contributed by atoms with Gasteiger partial charge in [-0.25, -0.2) is 0 Å². The van der Waals surface area contributed by atoms with E-state index < -0.39 is 0 Å². The van der Waals surface area contributed by atoms with Gasteiger partial charge < -0.3 is 0 Å². The average molecular weight is 120 g/mol. The van der Waals surface area contributed by atoms with Crippen LogP contribution in [0.5, 0.6) is 0 Å². The normalized spacial score (nSPS) is 16.3. The molecule has 0 N–H and O–H groups in total. The molecule has 0 aromatic rings. The Hall–Kier alpha value is -0.980. The predicted octanol–water partition coefficient (Wildman–Crippen LogP) is 1.97. The highest BCUT2D eigenvalue weighted by Crippen LogP contribution is 2.01. The summed E-state index contributed by atoms with van der Waals surface area (Å²) in [6.07, 6.45) is 10.9. The van der Waals surface area contributed by atoms with Crippen LogP contribution in [0, 0.1) is 0 Å². The van der Waals surface area contributed by atoms with Crippen LogP contribution >= 0.6 is 0 Å². The highest BCUT2D eigenvalue weighted by molar-refractivity contribution is 5.28. The third-order valence-corrected chi connectivity index (χ3v) is 1.10. The van der Waals surface area contributed by atoms with E-state index in [-0.39, 0.29) is 0 Å². The predicted molar refractivity (Wildman–Crippen MR) is 38.8 cm³/mol. The molecule has 0 bridgehead atoms. The van der Waals surface area contributed by atoms with Crippen molar-refractivity contribution in [2.75, 3.05) is 0 Å². The van der Waals surface area contributed by atoms with Gasteiger partial charge in [-0.3, -0.25) is 5.32 Å².